The van der Waals surface area contributed by atoms with Crippen LogP contribution in [0.4, 0.5) is 0 Å². The molecule has 0 fully saturated rings. The zero-order chi connectivity index (χ0) is 22.7. The van der Waals surface area contributed by atoms with Gasteiger partial charge in [-0.05, 0) is 36.8 Å². The van der Waals surface area contributed by atoms with Gasteiger partial charge in [0.1, 0.15) is 5.82 Å². The van der Waals surface area contributed by atoms with Crippen LogP contribution >= 0.6 is 0 Å². The summed E-state index contributed by atoms with van der Waals surface area (Å²) in [5.74, 6) is 1.45. The maximum absolute atomic E-state index is 13.0. The van der Waals surface area contributed by atoms with E-state index in [9.17, 15) is 8.42 Å². The second-order valence-electron chi connectivity index (χ2n) is 7.43. The first kappa shape index (κ1) is 21.9. The van der Waals surface area contributed by atoms with Crippen molar-refractivity contribution in [2.24, 2.45) is 0 Å². The summed E-state index contributed by atoms with van der Waals surface area (Å²) in [6.45, 7) is 2.69. The predicted molar refractivity (Wildman–Crippen MR) is 124 cm³/mol. The van der Waals surface area contributed by atoms with Gasteiger partial charge in [-0.1, -0.05) is 42.0 Å². The fraction of sp³-hybridized carbons (Fsp3) is 0.208. The van der Waals surface area contributed by atoms with Gasteiger partial charge in [0.2, 0.25) is 10.0 Å². The van der Waals surface area contributed by atoms with E-state index in [2.05, 4.69) is 34.0 Å². The minimum absolute atomic E-state index is 0.0528. The predicted octanol–water partition coefficient (Wildman–Crippen LogP) is 3.89. The van der Waals surface area contributed by atoms with Crippen LogP contribution in [-0.2, 0) is 23.1 Å². The molecule has 0 saturated carbocycles. The van der Waals surface area contributed by atoms with Crippen LogP contribution in [0, 0.1) is 6.92 Å². The van der Waals surface area contributed by atoms with Crippen molar-refractivity contribution in [3.63, 3.8) is 0 Å². The maximum atomic E-state index is 13.0. The molecule has 32 heavy (non-hydrogen) atoms. The van der Waals surface area contributed by atoms with Gasteiger partial charge >= 0.3 is 0 Å². The average molecular weight is 452 g/mol. The number of aryl methyl sites for hydroxylation is 1. The summed E-state index contributed by atoms with van der Waals surface area (Å²) in [6.07, 6.45) is 0. The highest BCUT2D eigenvalue weighted by Crippen LogP contribution is 2.29. The van der Waals surface area contributed by atoms with Crippen molar-refractivity contribution >= 4 is 21.1 Å². The molecule has 0 spiro atoms. The molecule has 1 aromatic heterocycles. The summed E-state index contributed by atoms with van der Waals surface area (Å²) in [6, 6.07) is 20.5. The first-order valence-corrected chi connectivity index (χ1v) is 11.6. The van der Waals surface area contributed by atoms with Gasteiger partial charge in [-0.25, -0.2) is 18.1 Å². The lowest BCUT2D eigenvalue weighted by atomic mass is 10.1. The Kier molecular flexibility index (Phi) is 6.16. The number of methoxy groups -OCH3 is 2. The van der Waals surface area contributed by atoms with Gasteiger partial charge < -0.3 is 14.0 Å². The Morgan fingerprint density at radius 1 is 0.938 bits per heavy atom. The Labute approximate surface area is 187 Å². The standard InChI is InChI=1S/C24H25N3O4S/c1-17-8-10-18(11-9-17)16-27-21-7-5-4-6-20(21)26-24(27)15-25-32(28,29)19-12-13-22(30-2)23(14-19)31-3/h4-14,25H,15-16H2,1-3H3. The summed E-state index contributed by atoms with van der Waals surface area (Å²) in [5.41, 5.74) is 4.07. The van der Waals surface area contributed by atoms with Crippen LogP contribution in [0.5, 0.6) is 11.5 Å². The summed E-state index contributed by atoms with van der Waals surface area (Å²) >= 11 is 0. The fourth-order valence-corrected chi connectivity index (χ4v) is 4.53. The van der Waals surface area contributed by atoms with E-state index < -0.39 is 10.0 Å². The van der Waals surface area contributed by atoms with Gasteiger partial charge in [0.05, 0.1) is 36.7 Å². The molecule has 3 aromatic carbocycles. The van der Waals surface area contributed by atoms with Crippen molar-refractivity contribution in [3.05, 3.63) is 83.7 Å². The topological polar surface area (TPSA) is 82.5 Å². The average Bonchev–Trinajstić information content (AvgIpc) is 3.16. The number of nitrogens with zero attached hydrogens (tertiary/aromatic N) is 2. The summed E-state index contributed by atoms with van der Waals surface area (Å²) in [7, 11) is -0.817. The maximum Gasteiger partial charge on any atom is 0.241 e. The lowest BCUT2D eigenvalue weighted by Gasteiger charge is -2.12. The van der Waals surface area contributed by atoms with Gasteiger partial charge in [0.15, 0.2) is 11.5 Å². The molecule has 0 saturated heterocycles. The van der Waals surface area contributed by atoms with Crippen LogP contribution < -0.4 is 14.2 Å². The van der Waals surface area contributed by atoms with Crippen LogP contribution in [0.15, 0.2) is 71.6 Å². The van der Waals surface area contributed by atoms with Crippen molar-refractivity contribution in [3.8, 4) is 11.5 Å². The molecule has 0 aliphatic carbocycles. The first-order valence-electron chi connectivity index (χ1n) is 10.1. The monoisotopic (exact) mass is 451 g/mol. The third kappa shape index (κ3) is 4.46. The van der Waals surface area contributed by atoms with Crippen LogP contribution in [0.2, 0.25) is 0 Å². The van der Waals surface area contributed by atoms with Gasteiger partial charge in [-0.15, -0.1) is 0 Å². The van der Waals surface area contributed by atoms with Crippen LogP contribution in [0.3, 0.4) is 0 Å². The second kappa shape index (κ2) is 9.02. The highest BCUT2D eigenvalue weighted by molar-refractivity contribution is 7.89. The van der Waals surface area contributed by atoms with Crippen molar-refractivity contribution in [2.75, 3.05) is 14.2 Å². The molecule has 166 valence electrons. The number of aromatic nitrogens is 2. The number of sulfonamides is 1. The SMILES string of the molecule is COc1ccc(S(=O)(=O)NCc2nc3ccccc3n2Cc2ccc(C)cc2)cc1OC. The van der Waals surface area contributed by atoms with Gasteiger partial charge in [0.25, 0.3) is 0 Å². The molecule has 0 radical (unpaired) electrons. The second-order valence-corrected chi connectivity index (χ2v) is 9.20. The number of hydrogen-bond donors (Lipinski definition) is 1. The molecular formula is C24H25N3O4S. The zero-order valence-electron chi connectivity index (χ0n) is 18.2. The molecule has 0 aliphatic rings. The quantitative estimate of drug-likeness (QED) is 0.440. The lowest BCUT2D eigenvalue weighted by Crippen LogP contribution is -2.25. The molecule has 7 nitrogen and oxygen atoms in total. The largest absolute Gasteiger partial charge is 0.493 e. The van der Waals surface area contributed by atoms with Crippen molar-refractivity contribution < 1.29 is 17.9 Å². The highest BCUT2D eigenvalue weighted by atomic mass is 32.2. The molecule has 4 rings (SSSR count). The zero-order valence-corrected chi connectivity index (χ0v) is 19.0. The van der Waals surface area contributed by atoms with E-state index in [4.69, 9.17) is 9.47 Å². The van der Waals surface area contributed by atoms with Crippen molar-refractivity contribution in [2.45, 2.75) is 24.9 Å². The van der Waals surface area contributed by atoms with Gasteiger partial charge in [-0.2, -0.15) is 0 Å². The van der Waals surface area contributed by atoms with E-state index >= 15 is 0 Å². The number of nitrogens with one attached hydrogen (secondary N) is 1. The third-order valence-corrected chi connectivity index (χ3v) is 6.68. The van der Waals surface area contributed by atoms with Gasteiger partial charge in [-0.3, -0.25) is 0 Å². The summed E-state index contributed by atoms with van der Waals surface area (Å²) in [4.78, 5) is 4.77. The number of para-hydroxylation sites is 2. The number of ether oxygens (including phenoxy) is 2. The molecule has 0 unspecified atom stereocenters. The lowest BCUT2D eigenvalue weighted by molar-refractivity contribution is 0.354. The smallest absolute Gasteiger partial charge is 0.241 e. The van der Waals surface area contributed by atoms with E-state index in [-0.39, 0.29) is 11.4 Å². The molecule has 4 aromatic rings. The van der Waals surface area contributed by atoms with E-state index in [0.717, 1.165) is 16.6 Å². The fourth-order valence-electron chi connectivity index (χ4n) is 3.54. The minimum atomic E-state index is -3.79. The van der Waals surface area contributed by atoms with Crippen LogP contribution in [-0.4, -0.2) is 32.2 Å². The Bertz CT molecular complexity index is 1350. The van der Waals surface area contributed by atoms with Crippen LogP contribution in [0.1, 0.15) is 17.0 Å². The minimum Gasteiger partial charge on any atom is -0.493 e. The number of hydrogen-bond acceptors (Lipinski definition) is 5. The number of fused-ring (bicyclic) bond motifs is 1. The number of benzene rings is 3. The summed E-state index contributed by atoms with van der Waals surface area (Å²) in [5, 5.41) is 0. The van der Waals surface area contributed by atoms with Gasteiger partial charge in [0, 0.05) is 12.6 Å². The number of rotatable bonds is 8. The Morgan fingerprint density at radius 2 is 1.66 bits per heavy atom. The molecule has 0 atom stereocenters. The summed E-state index contributed by atoms with van der Waals surface area (Å²) < 4.78 is 41.0. The number of imidazole rings is 1. The molecular weight excluding hydrogens is 426 g/mol. The molecule has 8 heteroatoms. The Balaban J connectivity index is 1.63. The molecule has 0 amide bonds. The Hall–Kier alpha value is -3.36. The molecule has 0 bridgehead atoms. The van der Waals surface area contributed by atoms with Crippen molar-refractivity contribution in [1.82, 2.24) is 14.3 Å². The van der Waals surface area contributed by atoms with E-state index in [0.29, 0.717) is 23.9 Å². The first-order chi connectivity index (χ1) is 15.4. The Morgan fingerprint density at radius 3 is 2.38 bits per heavy atom. The van der Waals surface area contributed by atoms with Crippen molar-refractivity contribution in [1.29, 1.82) is 0 Å². The highest BCUT2D eigenvalue weighted by Gasteiger charge is 2.19. The molecule has 1 heterocycles. The normalized spacial score (nSPS) is 11.6. The molecule has 1 N–H and O–H groups in total. The third-order valence-electron chi connectivity index (χ3n) is 5.28. The van der Waals surface area contributed by atoms with E-state index in [1.54, 1.807) is 6.07 Å². The van der Waals surface area contributed by atoms with Crippen LogP contribution in [0.25, 0.3) is 11.0 Å². The van der Waals surface area contributed by atoms with E-state index in [1.807, 2.05) is 35.8 Å². The molecule has 0 aliphatic heterocycles. The van der Waals surface area contributed by atoms with E-state index in [1.165, 1.54) is 31.9 Å².